The van der Waals surface area contributed by atoms with Crippen LogP contribution < -0.4 is 0 Å². The van der Waals surface area contributed by atoms with Gasteiger partial charge in [-0.05, 0) is 81.3 Å². The summed E-state index contributed by atoms with van der Waals surface area (Å²) in [5, 5.41) is 27.2. The van der Waals surface area contributed by atoms with E-state index in [4.69, 9.17) is 0 Å². The molecule has 0 aliphatic heterocycles. The number of aromatic hydroxyl groups is 2. The summed E-state index contributed by atoms with van der Waals surface area (Å²) >= 11 is 0. The molecule has 138 valence electrons. The van der Waals surface area contributed by atoms with E-state index in [9.17, 15) is 10.2 Å². The minimum absolute atomic E-state index is 0.0381. The summed E-state index contributed by atoms with van der Waals surface area (Å²) in [6.07, 6.45) is 4.07. The Bertz CT molecular complexity index is 1290. The van der Waals surface area contributed by atoms with Crippen molar-refractivity contribution in [3.8, 4) is 11.5 Å². The second-order valence-corrected chi connectivity index (χ2v) is 7.61. The summed E-state index contributed by atoms with van der Waals surface area (Å²) in [6.45, 7) is 0. The number of benzene rings is 5. The first kappa shape index (κ1) is 16.9. The molecule has 0 aromatic heterocycles. The topological polar surface area (TPSA) is 40.5 Å². The van der Waals surface area contributed by atoms with Gasteiger partial charge in [0.25, 0.3) is 0 Å². The fourth-order valence-corrected chi connectivity index (χ4v) is 4.41. The van der Waals surface area contributed by atoms with Gasteiger partial charge in [-0.3, -0.25) is 0 Å². The van der Waals surface area contributed by atoms with Gasteiger partial charge in [-0.25, -0.2) is 0 Å². The molecule has 0 aliphatic rings. The van der Waals surface area contributed by atoms with Gasteiger partial charge in [-0.2, -0.15) is 0 Å². The van der Waals surface area contributed by atoms with E-state index < -0.39 is 0 Å². The van der Waals surface area contributed by atoms with Gasteiger partial charge in [0.15, 0.2) is 11.5 Å². The van der Waals surface area contributed by atoms with Gasteiger partial charge < -0.3 is 10.2 Å². The maximum Gasteiger partial charge on any atom is 0.157 e. The smallest absolute Gasteiger partial charge is 0.157 e. The van der Waals surface area contributed by atoms with Gasteiger partial charge in [0.05, 0.1) is 0 Å². The van der Waals surface area contributed by atoms with Crippen LogP contribution in [0.15, 0.2) is 72.8 Å². The van der Waals surface area contributed by atoms with Crippen molar-refractivity contribution < 1.29 is 10.2 Å². The number of rotatable bonds is 5. The largest absolute Gasteiger partial charge is 0.504 e. The lowest BCUT2D eigenvalue weighted by Crippen LogP contribution is -1.93. The Morgan fingerprint density at radius 2 is 1.29 bits per heavy atom. The Hall–Kier alpha value is -3.26. The Labute approximate surface area is 164 Å². The summed E-state index contributed by atoms with van der Waals surface area (Å²) in [7, 11) is 0. The molecule has 0 aliphatic carbocycles. The molecule has 2 nitrogen and oxygen atoms in total. The predicted molar refractivity (Wildman–Crippen MR) is 117 cm³/mol. The van der Waals surface area contributed by atoms with Gasteiger partial charge in [-0.1, -0.05) is 60.7 Å². The molecule has 0 fully saturated rings. The third kappa shape index (κ3) is 2.82. The SMILES string of the molecule is Oc1ccc(CCCCc2cc3cccc4ccc5cccc2c5c43)cc1O. The minimum atomic E-state index is -0.0583. The molecule has 2 N–H and O–H groups in total. The van der Waals surface area contributed by atoms with Gasteiger partial charge in [-0.15, -0.1) is 0 Å². The zero-order chi connectivity index (χ0) is 19.1. The van der Waals surface area contributed by atoms with Crippen LogP contribution in [0.5, 0.6) is 11.5 Å². The quantitative estimate of drug-likeness (QED) is 0.210. The molecule has 0 spiro atoms. The summed E-state index contributed by atoms with van der Waals surface area (Å²) in [4.78, 5) is 0. The third-order valence-electron chi connectivity index (χ3n) is 5.80. The maximum atomic E-state index is 9.65. The fraction of sp³-hybridized carbons (Fsp3) is 0.154. The number of phenolic OH excluding ortho intramolecular Hbond substituents is 2. The summed E-state index contributed by atoms with van der Waals surface area (Å²) in [5.74, 6) is -0.0964. The zero-order valence-corrected chi connectivity index (χ0v) is 15.7. The molecule has 0 unspecified atom stereocenters. The normalized spacial score (nSPS) is 11.7. The van der Waals surface area contributed by atoms with E-state index in [1.54, 1.807) is 12.1 Å². The van der Waals surface area contributed by atoms with Crippen LogP contribution in [-0.4, -0.2) is 10.2 Å². The Morgan fingerprint density at radius 1 is 0.571 bits per heavy atom. The van der Waals surface area contributed by atoms with E-state index in [1.807, 2.05) is 6.07 Å². The zero-order valence-electron chi connectivity index (χ0n) is 15.7. The summed E-state index contributed by atoms with van der Waals surface area (Å²) in [5.41, 5.74) is 2.47. The van der Waals surface area contributed by atoms with E-state index in [2.05, 4.69) is 54.6 Å². The van der Waals surface area contributed by atoms with Gasteiger partial charge in [0, 0.05) is 0 Å². The van der Waals surface area contributed by atoms with E-state index >= 15 is 0 Å². The summed E-state index contributed by atoms with van der Waals surface area (Å²) in [6, 6.07) is 25.1. The van der Waals surface area contributed by atoms with Crippen LogP contribution in [0.25, 0.3) is 32.3 Å². The average Bonchev–Trinajstić information content (AvgIpc) is 2.72. The molecule has 5 aromatic carbocycles. The lowest BCUT2D eigenvalue weighted by Gasteiger charge is -2.14. The van der Waals surface area contributed by atoms with Crippen molar-refractivity contribution in [1.82, 2.24) is 0 Å². The number of hydrogen-bond donors (Lipinski definition) is 2. The molecule has 28 heavy (non-hydrogen) atoms. The molecule has 0 saturated carbocycles. The predicted octanol–water partition coefficient (Wildman–Crippen LogP) is 6.56. The number of phenols is 2. The van der Waals surface area contributed by atoms with E-state index in [1.165, 1.54) is 37.9 Å². The van der Waals surface area contributed by atoms with Crippen molar-refractivity contribution >= 4 is 32.3 Å². The van der Waals surface area contributed by atoms with Gasteiger partial charge in [0.1, 0.15) is 0 Å². The standard InChI is InChI=1S/C26H22O2/c27-23-14-11-17(15-24(23)28)5-1-2-6-20-16-21-9-3-7-18-12-13-19-8-4-10-22(20)26(19)25(18)21/h3-4,7-16,27-28H,1-2,5-6H2. The highest BCUT2D eigenvalue weighted by Crippen LogP contribution is 2.37. The molecule has 0 saturated heterocycles. The third-order valence-corrected chi connectivity index (χ3v) is 5.80. The van der Waals surface area contributed by atoms with Crippen molar-refractivity contribution in [1.29, 1.82) is 0 Å². The summed E-state index contributed by atoms with van der Waals surface area (Å²) < 4.78 is 0. The van der Waals surface area contributed by atoms with Crippen LogP contribution in [0.3, 0.4) is 0 Å². The van der Waals surface area contributed by atoms with Crippen LogP contribution in [0, 0.1) is 0 Å². The van der Waals surface area contributed by atoms with Crippen molar-refractivity contribution in [2.24, 2.45) is 0 Å². The van der Waals surface area contributed by atoms with Crippen molar-refractivity contribution in [2.45, 2.75) is 25.7 Å². The van der Waals surface area contributed by atoms with Crippen LogP contribution in [0.4, 0.5) is 0 Å². The highest BCUT2D eigenvalue weighted by molar-refractivity contribution is 6.23. The van der Waals surface area contributed by atoms with E-state index in [0.717, 1.165) is 31.2 Å². The van der Waals surface area contributed by atoms with Crippen LogP contribution in [-0.2, 0) is 12.8 Å². The molecule has 5 aromatic rings. The molecule has 0 atom stereocenters. The minimum Gasteiger partial charge on any atom is -0.504 e. The van der Waals surface area contributed by atoms with Crippen LogP contribution in [0.2, 0.25) is 0 Å². The molecular formula is C26H22O2. The first-order chi connectivity index (χ1) is 13.7. The van der Waals surface area contributed by atoms with E-state index in [-0.39, 0.29) is 11.5 Å². The Kier molecular flexibility index (Phi) is 4.05. The Morgan fingerprint density at radius 3 is 2.11 bits per heavy atom. The molecule has 0 radical (unpaired) electrons. The lowest BCUT2D eigenvalue weighted by molar-refractivity contribution is 0.403. The molecular weight excluding hydrogens is 344 g/mol. The second-order valence-electron chi connectivity index (χ2n) is 7.61. The molecule has 5 rings (SSSR count). The highest BCUT2D eigenvalue weighted by atomic mass is 16.3. The molecule has 2 heteroatoms. The first-order valence-corrected chi connectivity index (χ1v) is 9.87. The van der Waals surface area contributed by atoms with Gasteiger partial charge in [0.2, 0.25) is 0 Å². The van der Waals surface area contributed by atoms with Crippen LogP contribution >= 0.6 is 0 Å². The lowest BCUT2D eigenvalue weighted by atomic mass is 9.89. The Balaban J connectivity index is 1.43. The fourth-order valence-electron chi connectivity index (χ4n) is 4.41. The van der Waals surface area contributed by atoms with Gasteiger partial charge >= 0.3 is 0 Å². The number of aryl methyl sites for hydroxylation is 2. The molecule has 0 amide bonds. The van der Waals surface area contributed by atoms with Crippen molar-refractivity contribution in [3.63, 3.8) is 0 Å². The second kappa shape index (κ2) is 6.72. The highest BCUT2D eigenvalue weighted by Gasteiger charge is 2.11. The number of unbranched alkanes of at least 4 members (excludes halogenated alkanes) is 1. The van der Waals surface area contributed by atoms with Crippen molar-refractivity contribution in [3.05, 3.63) is 83.9 Å². The molecule has 0 bridgehead atoms. The average molecular weight is 366 g/mol. The molecule has 0 heterocycles. The maximum absolute atomic E-state index is 9.65. The monoisotopic (exact) mass is 366 g/mol. The van der Waals surface area contributed by atoms with Crippen LogP contribution in [0.1, 0.15) is 24.0 Å². The van der Waals surface area contributed by atoms with Crippen molar-refractivity contribution in [2.75, 3.05) is 0 Å². The van der Waals surface area contributed by atoms with E-state index in [0.29, 0.717) is 0 Å². The first-order valence-electron chi connectivity index (χ1n) is 9.87. The number of hydrogen-bond acceptors (Lipinski definition) is 2.